The fraction of sp³-hybridized carbons (Fsp3) is 0.0833. The third-order valence-electron chi connectivity index (χ3n) is 2.31. The first-order valence-corrected chi connectivity index (χ1v) is 4.82. The summed E-state index contributed by atoms with van der Waals surface area (Å²) < 4.78 is 52.2. The molecule has 17 heavy (non-hydrogen) atoms. The number of nitrogens with zero attached hydrogens (tertiary/aromatic N) is 1. The lowest BCUT2D eigenvalue weighted by molar-refractivity contribution is 0.397. The van der Waals surface area contributed by atoms with E-state index in [1.807, 2.05) is 0 Å². The maximum Gasteiger partial charge on any atom is 0.252 e. The van der Waals surface area contributed by atoms with Crippen molar-refractivity contribution in [3.05, 3.63) is 65.0 Å². The second kappa shape index (κ2) is 4.53. The molecule has 0 amide bonds. The van der Waals surface area contributed by atoms with Crippen molar-refractivity contribution in [2.24, 2.45) is 0 Å². The van der Waals surface area contributed by atoms with Crippen molar-refractivity contribution in [2.75, 3.05) is 0 Å². The third kappa shape index (κ3) is 2.27. The molecule has 0 saturated carbocycles. The molecule has 1 heterocycles. The number of aromatic nitrogens is 1. The van der Waals surface area contributed by atoms with E-state index in [-0.39, 0.29) is 6.42 Å². The van der Waals surface area contributed by atoms with Gasteiger partial charge in [-0.1, -0.05) is 30.3 Å². The molecule has 0 unspecified atom stereocenters. The summed E-state index contributed by atoms with van der Waals surface area (Å²) in [6.07, 6.45) is -0.227. The van der Waals surface area contributed by atoms with Gasteiger partial charge in [0.2, 0.25) is 0 Å². The van der Waals surface area contributed by atoms with Crippen LogP contribution in [-0.2, 0) is 6.42 Å². The number of rotatable bonds is 2. The Hall–Kier alpha value is -1.91. The standard InChI is InChI=1S/C12H7F4N/c13-9-8(6-7-4-2-1-3-5-7)10(14)12(16)17-11(9)15/h1-5H,6H2. The zero-order chi connectivity index (χ0) is 12.4. The van der Waals surface area contributed by atoms with Gasteiger partial charge in [-0.25, -0.2) is 8.78 Å². The molecular weight excluding hydrogens is 234 g/mol. The predicted octanol–water partition coefficient (Wildman–Crippen LogP) is 3.23. The van der Waals surface area contributed by atoms with Gasteiger partial charge in [0, 0.05) is 12.0 Å². The Labute approximate surface area is 94.7 Å². The average Bonchev–Trinajstić information content (AvgIpc) is 2.33. The van der Waals surface area contributed by atoms with Crippen LogP contribution >= 0.6 is 0 Å². The summed E-state index contributed by atoms with van der Waals surface area (Å²) in [6.45, 7) is 0. The Bertz CT molecular complexity index is 514. The third-order valence-corrected chi connectivity index (χ3v) is 2.31. The number of benzene rings is 1. The highest BCUT2D eigenvalue weighted by molar-refractivity contribution is 5.27. The van der Waals surface area contributed by atoms with E-state index in [9.17, 15) is 17.6 Å². The molecule has 1 nitrogen and oxygen atoms in total. The van der Waals surface area contributed by atoms with Crippen LogP contribution in [0.15, 0.2) is 30.3 Å². The molecule has 2 rings (SSSR count). The maximum atomic E-state index is 13.3. The molecule has 2 aromatic rings. The van der Waals surface area contributed by atoms with Crippen LogP contribution in [0.5, 0.6) is 0 Å². The van der Waals surface area contributed by atoms with Gasteiger partial charge in [-0.05, 0) is 5.56 Å². The highest BCUT2D eigenvalue weighted by Gasteiger charge is 2.20. The summed E-state index contributed by atoms with van der Waals surface area (Å²) in [5, 5.41) is 0. The van der Waals surface area contributed by atoms with Crippen LogP contribution in [0.3, 0.4) is 0 Å². The Balaban J connectivity index is 2.46. The monoisotopic (exact) mass is 241 g/mol. The number of halogens is 4. The molecule has 0 aliphatic rings. The van der Waals surface area contributed by atoms with Crippen LogP contribution in [0.1, 0.15) is 11.1 Å². The van der Waals surface area contributed by atoms with E-state index in [1.54, 1.807) is 30.3 Å². The summed E-state index contributed by atoms with van der Waals surface area (Å²) in [6, 6.07) is 8.27. The van der Waals surface area contributed by atoms with Gasteiger partial charge >= 0.3 is 0 Å². The zero-order valence-electron chi connectivity index (χ0n) is 8.55. The first kappa shape index (κ1) is 11.6. The molecular formula is C12H7F4N. The highest BCUT2D eigenvalue weighted by Crippen LogP contribution is 2.19. The number of hydrogen-bond acceptors (Lipinski definition) is 1. The Morgan fingerprint density at radius 1 is 0.824 bits per heavy atom. The maximum absolute atomic E-state index is 13.3. The summed E-state index contributed by atoms with van der Waals surface area (Å²) in [4.78, 5) is 2.49. The lowest BCUT2D eigenvalue weighted by Crippen LogP contribution is -2.06. The molecule has 0 aliphatic carbocycles. The largest absolute Gasteiger partial charge is 0.252 e. The van der Waals surface area contributed by atoms with E-state index in [4.69, 9.17) is 0 Å². The van der Waals surface area contributed by atoms with Gasteiger partial charge in [-0.15, -0.1) is 0 Å². The van der Waals surface area contributed by atoms with Crippen molar-refractivity contribution < 1.29 is 17.6 Å². The molecule has 0 fully saturated rings. The molecule has 0 atom stereocenters. The number of hydrogen-bond donors (Lipinski definition) is 0. The summed E-state index contributed by atoms with van der Waals surface area (Å²) in [5.41, 5.74) is -0.100. The first-order chi connectivity index (χ1) is 8.09. The SMILES string of the molecule is Fc1nc(F)c(F)c(Cc2ccccc2)c1F. The van der Waals surface area contributed by atoms with Gasteiger partial charge in [0.25, 0.3) is 11.9 Å². The van der Waals surface area contributed by atoms with Crippen molar-refractivity contribution in [3.63, 3.8) is 0 Å². The molecule has 0 radical (unpaired) electrons. The smallest absolute Gasteiger partial charge is 0.202 e. The van der Waals surface area contributed by atoms with Crippen LogP contribution in [0.2, 0.25) is 0 Å². The average molecular weight is 241 g/mol. The van der Waals surface area contributed by atoms with Crippen molar-refractivity contribution in [2.45, 2.75) is 6.42 Å². The minimum Gasteiger partial charge on any atom is -0.202 e. The first-order valence-electron chi connectivity index (χ1n) is 4.82. The van der Waals surface area contributed by atoms with Crippen LogP contribution in [0.4, 0.5) is 17.6 Å². The molecule has 0 spiro atoms. The summed E-state index contributed by atoms with van der Waals surface area (Å²) >= 11 is 0. The van der Waals surface area contributed by atoms with Crippen LogP contribution < -0.4 is 0 Å². The number of pyridine rings is 1. The topological polar surface area (TPSA) is 12.9 Å². The summed E-state index contributed by atoms with van der Waals surface area (Å²) in [7, 11) is 0. The fourth-order valence-electron chi connectivity index (χ4n) is 1.48. The van der Waals surface area contributed by atoms with Crippen LogP contribution in [0, 0.1) is 23.5 Å². The highest BCUT2D eigenvalue weighted by atomic mass is 19.2. The molecule has 0 aliphatic heterocycles. The molecule has 1 aromatic heterocycles. The molecule has 0 bridgehead atoms. The van der Waals surface area contributed by atoms with Gasteiger partial charge in [0.15, 0.2) is 11.6 Å². The Kier molecular flexibility index (Phi) is 3.08. The Morgan fingerprint density at radius 2 is 1.35 bits per heavy atom. The van der Waals surface area contributed by atoms with Gasteiger partial charge in [0.05, 0.1) is 0 Å². The van der Waals surface area contributed by atoms with Gasteiger partial charge in [0.1, 0.15) is 0 Å². The molecule has 0 saturated heterocycles. The molecule has 88 valence electrons. The Morgan fingerprint density at radius 3 is 1.88 bits per heavy atom. The summed E-state index contributed by atoms with van der Waals surface area (Å²) in [5.74, 6) is -6.16. The normalized spacial score (nSPS) is 10.6. The lowest BCUT2D eigenvalue weighted by Gasteiger charge is -2.06. The van der Waals surface area contributed by atoms with Gasteiger partial charge in [-0.2, -0.15) is 13.8 Å². The minimum absolute atomic E-state index is 0.227. The molecule has 1 aromatic carbocycles. The van der Waals surface area contributed by atoms with Crippen molar-refractivity contribution in [1.29, 1.82) is 0 Å². The van der Waals surface area contributed by atoms with Crippen molar-refractivity contribution in [1.82, 2.24) is 4.98 Å². The second-order valence-electron chi connectivity index (χ2n) is 3.46. The minimum atomic E-state index is -1.63. The van der Waals surface area contributed by atoms with E-state index in [0.717, 1.165) is 0 Å². The van der Waals surface area contributed by atoms with Gasteiger partial charge in [-0.3, -0.25) is 0 Å². The van der Waals surface area contributed by atoms with E-state index < -0.39 is 29.1 Å². The van der Waals surface area contributed by atoms with E-state index in [0.29, 0.717) is 5.56 Å². The van der Waals surface area contributed by atoms with E-state index in [2.05, 4.69) is 4.98 Å². The van der Waals surface area contributed by atoms with Crippen LogP contribution in [0.25, 0.3) is 0 Å². The van der Waals surface area contributed by atoms with Crippen molar-refractivity contribution >= 4 is 0 Å². The molecule has 0 N–H and O–H groups in total. The quantitative estimate of drug-likeness (QED) is 0.581. The van der Waals surface area contributed by atoms with Gasteiger partial charge < -0.3 is 0 Å². The van der Waals surface area contributed by atoms with Crippen molar-refractivity contribution in [3.8, 4) is 0 Å². The molecule has 5 heteroatoms. The zero-order valence-corrected chi connectivity index (χ0v) is 8.55. The van der Waals surface area contributed by atoms with E-state index in [1.165, 1.54) is 0 Å². The van der Waals surface area contributed by atoms with E-state index >= 15 is 0 Å². The fourth-order valence-corrected chi connectivity index (χ4v) is 1.48. The lowest BCUT2D eigenvalue weighted by atomic mass is 10.1. The predicted molar refractivity (Wildman–Crippen MR) is 53.3 cm³/mol. The van der Waals surface area contributed by atoms with Crippen LogP contribution in [-0.4, -0.2) is 4.98 Å². The second-order valence-corrected chi connectivity index (χ2v) is 3.46.